The van der Waals surface area contributed by atoms with Gasteiger partial charge in [-0.05, 0) is 13.0 Å². The molecule has 128 valence electrons. The number of aromatic nitrogens is 3. The summed E-state index contributed by atoms with van der Waals surface area (Å²) < 4.78 is 12.8. The van der Waals surface area contributed by atoms with E-state index in [1.54, 1.807) is 6.20 Å². The van der Waals surface area contributed by atoms with Crippen LogP contribution in [0.2, 0.25) is 0 Å². The molecule has 0 N–H and O–H groups in total. The Morgan fingerprint density at radius 3 is 3.00 bits per heavy atom. The molecule has 1 amide bonds. The van der Waals surface area contributed by atoms with Crippen molar-refractivity contribution >= 4 is 5.91 Å². The molecule has 0 spiro atoms. The monoisotopic (exact) mass is 330 g/mol. The maximum Gasteiger partial charge on any atom is 0.248 e. The van der Waals surface area contributed by atoms with E-state index in [0.717, 1.165) is 23.4 Å². The highest BCUT2D eigenvalue weighted by Crippen LogP contribution is 2.23. The van der Waals surface area contributed by atoms with E-state index in [1.165, 1.54) is 0 Å². The summed E-state index contributed by atoms with van der Waals surface area (Å²) >= 11 is 0. The minimum atomic E-state index is 0.0166. The van der Waals surface area contributed by atoms with Gasteiger partial charge in [0.2, 0.25) is 11.8 Å². The Morgan fingerprint density at radius 2 is 2.25 bits per heavy atom. The molecule has 3 heterocycles. The van der Waals surface area contributed by atoms with Crippen molar-refractivity contribution in [3.63, 3.8) is 0 Å². The number of hydrogen-bond acceptors (Lipinski definition) is 5. The number of carbonyl (C=O) groups excluding carboxylic acids is 1. The van der Waals surface area contributed by atoms with Gasteiger partial charge in [-0.25, -0.2) is 4.98 Å². The lowest BCUT2D eigenvalue weighted by molar-refractivity contribution is -0.136. The lowest BCUT2D eigenvalue weighted by Crippen LogP contribution is -2.38. The molecule has 2 aromatic heterocycles. The molecule has 0 saturated heterocycles. The second-order valence-corrected chi connectivity index (χ2v) is 5.65. The SMILES string of the molecule is CCOCC(=O)N1CCc2c(c(COc3ccccn3)nn2C)C1. The number of carbonyl (C=O) groups is 1. The van der Waals surface area contributed by atoms with E-state index < -0.39 is 0 Å². The topological polar surface area (TPSA) is 69.5 Å². The summed E-state index contributed by atoms with van der Waals surface area (Å²) in [6.07, 6.45) is 2.48. The van der Waals surface area contributed by atoms with Crippen LogP contribution in [0.1, 0.15) is 23.9 Å². The summed E-state index contributed by atoms with van der Waals surface area (Å²) in [6.45, 7) is 4.14. The third-order valence-corrected chi connectivity index (χ3v) is 4.10. The molecule has 0 aromatic carbocycles. The van der Waals surface area contributed by atoms with Crippen LogP contribution in [0.5, 0.6) is 5.88 Å². The molecule has 0 radical (unpaired) electrons. The molecule has 0 atom stereocenters. The number of nitrogens with zero attached hydrogens (tertiary/aromatic N) is 4. The summed E-state index contributed by atoms with van der Waals surface area (Å²) in [5.41, 5.74) is 3.09. The zero-order valence-corrected chi connectivity index (χ0v) is 14.1. The molecule has 0 bridgehead atoms. The minimum Gasteiger partial charge on any atom is -0.471 e. The molecule has 1 aliphatic heterocycles. The van der Waals surface area contributed by atoms with Gasteiger partial charge in [0.25, 0.3) is 0 Å². The van der Waals surface area contributed by atoms with E-state index in [-0.39, 0.29) is 12.5 Å². The number of pyridine rings is 1. The average Bonchev–Trinajstić information content (AvgIpc) is 2.94. The van der Waals surface area contributed by atoms with Crippen LogP contribution in [-0.2, 0) is 36.2 Å². The van der Waals surface area contributed by atoms with E-state index in [9.17, 15) is 4.79 Å². The zero-order valence-electron chi connectivity index (χ0n) is 14.1. The van der Waals surface area contributed by atoms with Crippen molar-refractivity contribution in [1.82, 2.24) is 19.7 Å². The van der Waals surface area contributed by atoms with Gasteiger partial charge in [0.05, 0.1) is 0 Å². The van der Waals surface area contributed by atoms with Crippen molar-refractivity contribution in [2.45, 2.75) is 26.5 Å². The first-order valence-corrected chi connectivity index (χ1v) is 8.12. The van der Waals surface area contributed by atoms with Gasteiger partial charge in [0, 0.05) is 56.7 Å². The minimum absolute atomic E-state index is 0.0166. The van der Waals surface area contributed by atoms with Crippen molar-refractivity contribution in [2.24, 2.45) is 7.05 Å². The molecule has 7 nitrogen and oxygen atoms in total. The van der Waals surface area contributed by atoms with Crippen LogP contribution in [0.3, 0.4) is 0 Å². The van der Waals surface area contributed by atoms with Gasteiger partial charge >= 0.3 is 0 Å². The Balaban J connectivity index is 1.71. The summed E-state index contributed by atoms with van der Waals surface area (Å²) in [7, 11) is 1.93. The molecular formula is C17H22N4O3. The maximum absolute atomic E-state index is 12.2. The predicted octanol–water partition coefficient (Wildman–Crippen LogP) is 1.32. The van der Waals surface area contributed by atoms with Crippen LogP contribution in [0.25, 0.3) is 0 Å². The van der Waals surface area contributed by atoms with Crippen molar-refractivity contribution in [2.75, 3.05) is 19.8 Å². The Labute approximate surface area is 141 Å². The van der Waals surface area contributed by atoms with Crippen molar-refractivity contribution in [3.05, 3.63) is 41.3 Å². The van der Waals surface area contributed by atoms with Gasteiger partial charge < -0.3 is 14.4 Å². The second-order valence-electron chi connectivity index (χ2n) is 5.65. The molecular weight excluding hydrogens is 308 g/mol. The highest BCUT2D eigenvalue weighted by Gasteiger charge is 2.26. The van der Waals surface area contributed by atoms with Gasteiger partial charge in [-0.15, -0.1) is 0 Å². The van der Waals surface area contributed by atoms with E-state index in [0.29, 0.717) is 32.2 Å². The maximum atomic E-state index is 12.2. The van der Waals surface area contributed by atoms with Crippen molar-refractivity contribution < 1.29 is 14.3 Å². The van der Waals surface area contributed by atoms with Crippen LogP contribution in [-0.4, -0.2) is 45.3 Å². The summed E-state index contributed by atoms with van der Waals surface area (Å²) in [5, 5.41) is 4.56. The Kier molecular flexibility index (Phi) is 5.10. The van der Waals surface area contributed by atoms with Crippen LogP contribution >= 0.6 is 0 Å². The van der Waals surface area contributed by atoms with Gasteiger partial charge in [0.15, 0.2) is 0 Å². The van der Waals surface area contributed by atoms with E-state index in [2.05, 4.69) is 10.1 Å². The van der Waals surface area contributed by atoms with E-state index >= 15 is 0 Å². The quantitative estimate of drug-likeness (QED) is 0.799. The Bertz CT molecular complexity index is 699. The Hall–Kier alpha value is -2.41. The number of rotatable bonds is 6. The first-order valence-electron chi connectivity index (χ1n) is 8.12. The molecule has 1 aliphatic rings. The first kappa shape index (κ1) is 16.4. The standard InChI is InChI=1S/C17H22N4O3/c1-3-23-12-17(22)21-9-7-15-13(10-21)14(19-20(15)2)11-24-16-6-4-5-8-18-16/h4-6,8H,3,7,9-12H2,1-2H3. The largest absolute Gasteiger partial charge is 0.471 e. The van der Waals surface area contributed by atoms with Gasteiger partial charge in [-0.1, -0.05) is 6.07 Å². The Morgan fingerprint density at radius 1 is 1.38 bits per heavy atom. The van der Waals surface area contributed by atoms with E-state index in [4.69, 9.17) is 9.47 Å². The third kappa shape index (κ3) is 3.56. The summed E-state index contributed by atoms with van der Waals surface area (Å²) in [5.74, 6) is 0.583. The molecule has 0 fully saturated rings. The molecule has 0 aliphatic carbocycles. The fraction of sp³-hybridized carbons (Fsp3) is 0.471. The van der Waals surface area contributed by atoms with Crippen molar-refractivity contribution in [3.8, 4) is 5.88 Å². The fourth-order valence-electron chi connectivity index (χ4n) is 2.85. The van der Waals surface area contributed by atoms with Crippen LogP contribution < -0.4 is 4.74 Å². The molecule has 3 rings (SSSR count). The zero-order chi connectivity index (χ0) is 16.9. The fourth-order valence-corrected chi connectivity index (χ4v) is 2.85. The summed E-state index contributed by atoms with van der Waals surface area (Å²) in [6, 6.07) is 5.54. The number of aryl methyl sites for hydroxylation is 1. The molecule has 7 heteroatoms. The number of amides is 1. The van der Waals surface area contributed by atoms with Gasteiger partial charge in [-0.3, -0.25) is 9.48 Å². The smallest absolute Gasteiger partial charge is 0.248 e. The van der Waals surface area contributed by atoms with Crippen LogP contribution in [0, 0.1) is 0 Å². The summed E-state index contributed by atoms with van der Waals surface area (Å²) in [4.78, 5) is 18.2. The molecule has 0 unspecified atom stereocenters. The van der Waals surface area contributed by atoms with Gasteiger partial charge in [0.1, 0.15) is 18.9 Å². The van der Waals surface area contributed by atoms with Crippen LogP contribution in [0.4, 0.5) is 0 Å². The normalized spacial score (nSPS) is 13.7. The van der Waals surface area contributed by atoms with Crippen LogP contribution in [0.15, 0.2) is 24.4 Å². The number of ether oxygens (including phenoxy) is 2. The first-order chi connectivity index (χ1) is 11.7. The number of hydrogen-bond donors (Lipinski definition) is 0. The number of fused-ring (bicyclic) bond motifs is 1. The van der Waals surface area contributed by atoms with E-state index in [1.807, 2.05) is 41.8 Å². The predicted molar refractivity (Wildman–Crippen MR) is 87.4 cm³/mol. The van der Waals surface area contributed by atoms with Gasteiger partial charge in [-0.2, -0.15) is 5.10 Å². The van der Waals surface area contributed by atoms with Crippen molar-refractivity contribution in [1.29, 1.82) is 0 Å². The lowest BCUT2D eigenvalue weighted by atomic mass is 10.1. The highest BCUT2D eigenvalue weighted by atomic mass is 16.5. The molecule has 24 heavy (non-hydrogen) atoms. The third-order valence-electron chi connectivity index (χ3n) is 4.10. The lowest BCUT2D eigenvalue weighted by Gasteiger charge is -2.27. The second kappa shape index (κ2) is 7.44. The molecule has 0 saturated carbocycles. The highest BCUT2D eigenvalue weighted by molar-refractivity contribution is 5.77. The average molecular weight is 330 g/mol. The molecule has 2 aromatic rings.